The summed E-state index contributed by atoms with van der Waals surface area (Å²) in [5.74, 6) is 0.0463. The number of carbonyl (C=O) groups is 1. The molecule has 1 unspecified atom stereocenters. The number of carbonyl (C=O) groups excluding carboxylic acids is 1. The summed E-state index contributed by atoms with van der Waals surface area (Å²) in [4.78, 5) is 31.7. The number of piperidine rings is 1. The molecular formula is C19H32N4O2S. The van der Waals surface area contributed by atoms with Crippen molar-refractivity contribution in [3.05, 3.63) is 22.1 Å². The summed E-state index contributed by atoms with van der Waals surface area (Å²) in [6.45, 7) is 7.92. The van der Waals surface area contributed by atoms with Gasteiger partial charge in [-0.3, -0.25) is 14.2 Å². The lowest BCUT2D eigenvalue weighted by Crippen LogP contribution is -2.40. The number of nitrogens with one attached hydrogen (secondary N) is 1. The molecular weight excluding hydrogens is 348 g/mol. The Balaban J connectivity index is 1.95. The van der Waals surface area contributed by atoms with E-state index in [2.05, 4.69) is 22.1 Å². The van der Waals surface area contributed by atoms with E-state index >= 15 is 0 Å². The molecule has 0 aromatic carbocycles. The SMILES string of the molecule is CCCC(Sc1nc(CC)cc(=O)n1C)C(=O)NCCN1CCCCC1. The number of hydrogen-bond acceptors (Lipinski definition) is 5. The molecule has 0 aliphatic carbocycles. The highest BCUT2D eigenvalue weighted by molar-refractivity contribution is 8.00. The van der Waals surface area contributed by atoms with Gasteiger partial charge in [0.15, 0.2) is 5.16 Å². The first-order valence-corrected chi connectivity index (χ1v) is 10.7. The fourth-order valence-corrected chi connectivity index (χ4v) is 4.33. The lowest BCUT2D eigenvalue weighted by atomic mass is 10.1. The van der Waals surface area contributed by atoms with E-state index < -0.39 is 0 Å². The standard InChI is InChI=1S/C19H32N4O2S/c1-4-9-16(18(25)20-10-13-23-11-7-6-8-12-23)26-19-21-15(5-2)14-17(24)22(19)3/h14,16H,4-13H2,1-3H3,(H,20,25). The molecule has 1 aliphatic heterocycles. The Labute approximate surface area is 160 Å². The van der Waals surface area contributed by atoms with Gasteiger partial charge in [0.2, 0.25) is 5.91 Å². The maximum Gasteiger partial charge on any atom is 0.254 e. The average molecular weight is 381 g/mol. The minimum atomic E-state index is -0.216. The van der Waals surface area contributed by atoms with Crippen molar-refractivity contribution in [1.82, 2.24) is 19.8 Å². The highest BCUT2D eigenvalue weighted by atomic mass is 32.2. The lowest BCUT2D eigenvalue weighted by Gasteiger charge is -2.26. The molecule has 1 fully saturated rings. The van der Waals surface area contributed by atoms with Gasteiger partial charge >= 0.3 is 0 Å². The van der Waals surface area contributed by atoms with Crippen molar-refractivity contribution >= 4 is 17.7 Å². The van der Waals surface area contributed by atoms with Gasteiger partial charge in [0.25, 0.3) is 5.56 Å². The van der Waals surface area contributed by atoms with Gasteiger partial charge < -0.3 is 10.2 Å². The predicted octanol–water partition coefficient (Wildman–Crippen LogP) is 2.21. The Bertz CT molecular complexity index is 641. The van der Waals surface area contributed by atoms with E-state index in [9.17, 15) is 9.59 Å². The summed E-state index contributed by atoms with van der Waals surface area (Å²) in [7, 11) is 1.72. The molecule has 0 bridgehead atoms. The molecule has 6 nitrogen and oxygen atoms in total. The summed E-state index contributed by atoms with van der Waals surface area (Å²) in [6, 6.07) is 1.57. The summed E-state index contributed by atoms with van der Waals surface area (Å²) in [6.07, 6.45) is 6.24. The van der Waals surface area contributed by atoms with Crippen molar-refractivity contribution in [3.63, 3.8) is 0 Å². The minimum absolute atomic E-state index is 0.0463. The number of likely N-dealkylation sites (tertiary alicyclic amines) is 1. The maximum atomic E-state index is 12.7. The number of aromatic nitrogens is 2. The second-order valence-electron chi connectivity index (χ2n) is 6.87. The minimum Gasteiger partial charge on any atom is -0.354 e. The average Bonchev–Trinajstić information content (AvgIpc) is 2.65. The van der Waals surface area contributed by atoms with Crippen LogP contribution in [0.2, 0.25) is 0 Å². The molecule has 1 aromatic rings. The number of thioether (sulfide) groups is 1. The van der Waals surface area contributed by atoms with Crippen LogP contribution in [0.1, 0.15) is 51.6 Å². The highest BCUT2D eigenvalue weighted by Gasteiger charge is 2.21. The molecule has 0 saturated carbocycles. The Morgan fingerprint density at radius 1 is 1.31 bits per heavy atom. The first-order valence-electron chi connectivity index (χ1n) is 9.78. The van der Waals surface area contributed by atoms with Crippen molar-refractivity contribution < 1.29 is 4.79 Å². The molecule has 1 amide bonds. The highest BCUT2D eigenvalue weighted by Crippen LogP contribution is 2.24. The molecule has 1 atom stereocenters. The lowest BCUT2D eigenvalue weighted by molar-refractivity contribution is -0.120. The first kappa shape index (κ1) is 21.0. The van der Waals surface area contributed by atoms with Crippen molar-refractivity contribution in [2.75, 3.05) is 26.2 Å². The van der Waals surface area contributed by atoms with E-state index in [-0.39, 0.29) is 16.7 Å². The van der Waals surface area contributed by atoms with Gasteiger partial charge in [0.1, 0.15) is 0 Å². The Kier molecular flexibility index (Phi) is 8.65. The van der Waals surface area contributed by atoms with Crippen LogP contribution in [0.4, 0.5) is 0 Å². The summed E-state index contributed by atoms with van der Waals surface area (Å²) >= 11 is 1.40. The van der Waals surface area contributed by atoms with Crippen molar-refractivity contribution in [2.24, 2.45) is 7.05 Å². The van der Waals surface area contributed by atoms with E-state index in [1.54, 1.807) is 13.1 Å². The number of aryl methyl sites for hydroxylation is 1. The molecule has 1 aromatic heterocycles. The third-order valence-corrected chi connectivity index (χ3v) is 6.09. The Hall–Kier alpha value is -1.34. The van der Waals surface area contributed by atoms with E-state index in [0.717, 1.165) is 38.2 Å². The molecule has 0 spiro atoms. The predicted molar refractivity (Wildman–Crippen MR) is 107 cm³/mol. The van der Waals surface area contributed by atoms with Crippen LogP contribution in [0, 0.1) is 0 Å². The molecule has 2 heterocycles. The van der Waals surface area contributed by atoms with Crippen molar-refractivity contribution in [2.45, 2.75) is 62.8 Å². The van der Waals surface area contributed by atoms with Crippen LogP contribution in [-0.2, 0) is 18.3 Å². The zero-order valence-corrected chi connectivity index (χ0v) is 17.1. The number of nitrogens with zero attached hydrogens (tertiary/aromatic N) is 3. The monoisotopic (exact) mass is 380 g/mol. The molecule has 7 heteroatoms. The maximum absolute atomic E-state index is 12.7. The molecule has 0 radical (unpaired) electrons. The normalized spacial score (nSPS) is 16.4. The molecule has 146 valence electrons. The Morgan fingerprint density at radius 2 is 2.04 bits per heavy atom. The van der Waals surface area contributed by atoms with E-state index in [1.165, 1.54) is 35.6 Å². The zero-order valence-electron chi connectivity index (χ0n) is 16.3. The number of hydrogen-bond donors (Lipinski definition) is 1. The summed E-state index contributed by atoms with van der Waals surface area (Å²) in [5, 5.41) is 3.49. The molecule has 1 saturated heterocycles. The van der Waals surface area contributed by atoms with Crippen LogP contribution >= 0.6 is 11.8 Å². The third-order valence-electron chi connectivity index (χ3n) is 4.78. The zero-order chi connectivity index (χ0) is 18.9. The fourth-order valence-electron chi connectivity index (χ4n) is 3.12. The van der Waals surface area contributed by atoms with Crippen LogP contribution in [0.5, 0.6) is 0 Å². The second-order valence-corrected chi connectivity index (χ2v) is 8.04. The largest absolute Gasteiger partial charge is 0.354 e. The Morgan fingerprint density at radius 3 is 2.69 bits per heavy atom. The number of amides is 1. The summed E-state index contributed by atoms with van der Waals surface area (Å²) in [5.41, 5.74) is 0.705. The van der Waals surface area contributed by atoms with Crippen LogP contribution in [0.25, 0.3) is 0 Å². The quantitative estimate of drug-likeness (QED) is 0.525. The van der Waals surface area contributed by atoms with E-state index in [0.29, 0.717) is 18.1 Å². The molecule has 1 aliphatic rings. The van der Waals surface area contributed by atoms with Gasteiger partial charge in [-0.05, 0) is 38.8 Å². The van der Waals surface area contributed by atoms with Crippen LogP contribution < -0.4 is 10.9 Å². The smallest absolute Gasteiger partial charge is 0.254 e. The van der Waals surface area contributed by atoms with Gasteiger partial charge in [-0.15, -0.1) is 0 Å². The van der Waals surface area contributed by atoms with Crippen LogP contribution in [0.15, 0.2) is 16.0 Å². The van der Waals surface area contributed by atoms with Gasteiger partial charge in [0.05, 0.1) is 5.25 Å². The van der Waals surface area contributed by atoms with Gasteiger partial charge in [0, 0.05) is 31.9 Å². The van der Waals surface area contributed by atoms with Crippen molar-refractivity contribution in [1.29, 1.82) is 0 Å². The molecule has 26 heavy (non-hydrogen) atoms. The van der Waals surface area contributed by atoms with Crippen LogP contribution in [-0.4, -0.2) is 51.8 Å². The van der Waals surface area contributed by atoms with Crippen LogP contribution in [0.3, 0.4) is 0 Å². The topological polar surface area (TPSA) is 67.2 Å². The second kappa shape index (κ2) is 10.7. The number of rotatable bonds is 9. The van der Waals surface area contributed by atoms with Gasteiger partial charge in [-0.2, -0.15) is 0 Å². The molecule has 1 N–H and O–H groups in total. The summed E-state index contributed by atoms with van der Waals surface area (Å²) < 4.78 is 1.54. The van der Waals surface area contributed by atoms with E-state index in [4.69, 9.17) is 0 Å². The molecule has 2 rings (SSSR count). The van der Waals surface area contributed by atoms with Gasteiger partial charge in [-0.25, -0.2) is 4.98 Å². The third kappa shape index (κ3) is 6.13. The fraction of sp³-hybridized carbons (Fsp3) is 0.737. The first-order chi connectivity index (χ1) is 12.5. The van der Waals surface area contributed by atoms with Crippen molar-refractivity contribution in [3.8, 4) is 0 Å². The van der Waals surface area contributed by atoms with Gasteiger partial charge in [-0.1, -0.05) is 38.5 Å². The van der Waals surface area contributed by atoms with E-state index in [1.807, 2.05) is 6.92 Å².